The summed E-state index contributed by atoms with van der Waals surface area (Å²) in [5.74, 6) is -0.987. The largest absolute Gasteiger partial charge is 0.369 e. The molecule has 8 heteroatoms. The van der Waals surface area contributed by atoms with Gasteiger partial charge in [-0.1, -0.05) is 58.3 Å². The third-order valence-corrected chi connectivity index (χ3v) is 4.51. The van der Waals surface area contributed by atoms with Crippen LogP contribution in [-0.4, -0.2) is 37.3 Å². The second-order valence-electron chi connectivity index (χ2n) is 5.37. The minimum absolute atomic E-state index is 0.0664. The highest BCUT2D eigenvalue weighted by atomic mass is 32.2. The molecule has 0 fully saturated rings. The molecule has 0 aliphatic heterocycles. The van der Waals surface area contributed by atoms with E-state index in [2.05, 4.69) is 17.2 Å². The summed E-state index contributed by atoms with van der Waals surface area (Å²) >= 11 is 0. The maximum Gasteiger partial charge on any atom is 0.345 e. The van der Waals surface area contributed by atoms with Crippen LogP contribution in [0.2, 0.25) is 0 Å². The Morgan fingerprint density at radius 1 is 1.14 bits per heavy atom. The molecule has 0 heterocycles. The van der Waals surface area contributed by atoms with E-state index in [1.54, 1.807) is 0 Å². The van der Waals surface area contributed by atoms with Crippen LogP contribution >= 0.6 is 0 Å². The van der Waals surface area contributed by atoms with E-state index in [1.165, 1.54) is 25.7 Å². The number of unbranched alkanes of at least 4 members (excludes halogenated alkanes) is 7. The van der Waals surface area contributed by atoms with E-state index < -0.39 is 21.3 Å². The van der Waals surface area contributed by atoms with Gasteiger partial charge in [0.25, 0.3) is 10.1 Å². The number of hydrogen-bond donors (Lipinski definition) is 3. The number of nitrogens with one attached hydrogen (secondary N) is 1. The van der Waals surface area contributed by atoms with Crippen molar-refractivity contribution in [2.24, 2.45) is 5.73 Å². The highest BCUT2D eigenvalue weighted by Gasteiger charge is 2.32. The van der Waals surface area contributed by atoms with E-state index in [4.69, 9.17) is 10.3 Å². The van der Waals surface area contributed by atoms with Gasteiger partial charge in [-0.25, -0.2) is 4.79 Å². The first kappa shape index (κ1) is 21.3. The molecule has 0 rings (SSSR count). The minimum Gasteiger partial charge on any atom is -0.369 e. The first-order chi connectivity index (χ1) is 10.4. The van der Waals surface area contributed by atoms with E-state index in [9.17, 15) is 13.2 Å². The molecule has 0 aromatic carbocycles. The number of hydrogen-bond acceptors (Lipinski definition) is 6. The molecule has 0 aliphatic carbocycles. The maximum absolute atomic E-state index is 11.6. The van der Waals surface area contributed by atoms with Gasteiger partial charge in [0.15, 0.2) is 5.25 Å². The number of carbonyl (C=O) groups excluding carboxylic acids is 1. The highest BCUT2D eigenvalue weighted by molar-refractivity contribution is 7.87. The lowest BCUT2D eigenvalue weighted by atomic mass is 10.1. The molecule has 1 unspecified atom stereocenters. The van der Waals surface area contributed by atoms with Gasteiger partial charge < -0.3 is 10.6 Å². The van der Waals surface area contributed by atoms with Crippen LogP contribution in [-0.2, 0) is 19.8 Å². The summed E-state index contributed by atoms with van der Waals surface area (Å²) in [5.41, 5.74) is 7.48. The molecule has 7 nitrogen and oxygen atoms in total. The number of carbonyl (C=O) groups is 1. The zero-order valence-corrected chi connectivity index (χ0v) is 14.2. The van der Waals surface area contributed by atoms with Gasteiger partial charge in [0, 0.05) is 13.1 Å². The predicted molar refractivity (Wildman–Crippen MR) is 85.7 cm³/mol. The fourth-order valence-electron chi connectivity index (χ4n) is 2.10. The molecule has 22 heavy (non-hydrogen) atoms. The quantitative estimate of drug-likeness (QED) is 0.251. The monoisotopic (exact) mass is 338 g/mol. The third-order valence-electron chi connectivity index (χ3n) is 3.36. The van der Waals surface area contributed by atoms with Gasteiger partial charge in [0.1, 0.15) is 0 Å². The molecule has 0 saturated heterocycles. The Bertz CT molecular complexity index is 387. The van der Waals surface area contributed by atoms with E-state index in [0.29, 0.717) is 6.42 Å². The van der Waals surface area contributed by atoms with Gasteiger partial charge in [-0.15, -0.1) is 0 Å². The highest BCUT2D eigenvalue weighted by Crippen LogP contribution is 2.14. The fraction of sp³-hybridized carbons (Fsp3) is 0.929. The second kappa shape index (κ2) is 12.8. The summed E-state index contributed by atoms with van der Waals surface area (Å²) in [4.78, 5) is 16.2. The van der Waals surface area contributed by atoms with Crippen LogP contribution in [0, 0.1) is 0 Å². The Kier molecular flexibility index (Phi) is 12.4. The van der Waals surface area contributed by atoms with E-state index in [-0.39, 0.29) is 19.5 Å². The molecular weight excluding hydrogens is 308 g/mol. The number of rotatable bonds is 14. The van der Waals surface area contributed by atoms with Crippen LogP contribution in [0.1, 0.15) is 64.7 Å². The average Bonchev–Trinajstić information content (AvgIpc) is 2.44. The Morgan fingerprint density at radius 3 is 2.18 bits per heavy atom. The minimum atomic E-state index is -4.45. The first-order valence-electron chi connectivity index (χ1n) is 8.03. The van der Waals surface area contributed by atoms with E-state index in [1.807, 2.05) is 0 Å². The van der Waals surface area contributed by atoms with Gasteiger partial charge in [0.2, 0.25) is 0 Å². The molecule has 1 atom stereocenters. The molecule has 0 bridgehead atoms. The second-order valence-corrected chi connectivity index (χ2v) is 6.97. The van der Waals surface area contributed by atoms with Crippen LogP contribution in [0.5, 0.6) is 0 Å². The molecular formula is C14H30N2O5S. The van der Waals surface area contributed by atoms with Crippen LogP contribution in [0.25, 0.3) is 0 Å². The van der Waals surface area contributed by atoms with Crippen molar-refractivity contribution < 1.29 is 22.6 Å². The molecule has 0 amide bonds. The van der Waals surface area contributed by atoms with Crippen molar-refractivity contribution in [3.05, 3.63) is 0 Å². The Balaban J connectivity index is 3.99. The van der Waals surface area contributed by atoms with Crippen molar-refractivity contribution in [2.45, 2.75) is 70.0 Å². The van der Waals surface area contributed by atoms with Crippen LogP contribution in [0.15, 0.2) is 0 Å². The van der Waals surface area contributed by atoms with Crippen molar-refractivity contribution >= 4 is 16.1 Å². The molecule has 0 aromatic heterocycles. The normalized spacial score (nSPS) is 13.0. The summed E-state index contributed by atoms with van der Waals surface area (Å²) in [5, 5.41) is -1.53. The predicted octanol–water partition coefficient (Wildman–Crippen LogP) is 1.78. The van der Waals surface area contributed by atoms with Crippen molar-refractivity contribution in [3.8, 4) is 0 Å². The van der Waals surface area contributed by atoms with Crippen LogP contribution in [0.4, 0.5) is 0 Å². The maximum atomic E-state index is 11.6. The SMILES string of the molecule is CCCCCCCCCCC(C(=O)ONCCN)S(=O)(=O)O. The van der Waals surface area contributed by atoms with Crippen molar-refractivity contribution in [3.63, 3.8) is 0 Å². The van der Waals surface area contributed by atoms with E-state index in [0.717, 1.165) is 19.3 Å². The van der Waals surface area contributed by atoms with Crippen LogP contribution in [0.3, 0.4) is 0 Å². The first-order valence-corrected chi connectivity index (χ1v) is 9.53. The molecule has 4 N–H and O–H groups in total. The fourth-order valence-corrected chi connectivity index (χ4v) is 2.85. The summed E-state index contributed by atoms with van der Waals surface area (Å²) in [6, 6.07) is 0. The Morgan fingerprint density at radius 2 is 1.68 bits per heavy atom. The lowest BCUT2D eigenvalue weighted by molar-refractivity contribution is -0.150. The van der Waals surface area contributed by atoms with Gasteiger partial charge in [-0.3, -0.25) is 4.55 Å². The van der Waals surface area contributed by atoms with Gasteiger partial charge >= 0.3 is 5.97 Å². The van der Waals surface area contributed by atoms with Gasteiger partial charge in [-0.2, -0.15) is 13.9 Å². The molecule has 0 aromatic rings. The summed E-state index contributed by atoms with van der Waals surface area (Å²) < 4.78 is 31.6. The molecule has 132 valence electrons. The number of nitrogens with two attached hydrogens (primary N) is 1. The summed E-state index contributed by atoms with van der Waals surface area (Å²) in [6.07, 6.45) is 8.43. The van der Waals surface area contributed by atoms with Gasteiger partial charge in [0.05, 0.1) is 0 Å². The lowest BCUT2D eigenvalue weighted by Crippen LogP contribution is -2.36. The standard InChI is InChI=1S/C14H30N2O5S/c1-2-3-4-5-6-7-8-9-10-13(22(18,19)20)14(17)21-16-12-11-15/h13,16H,2-12,15H2,1H3,(H,18,19,20). The summed E-state index contributed by atoms with van der Waals surface area (Å²) in [7, 11) is -4.45. The van der Waals surface area contributed by atoms with E-state index >= 15 is 0 Å². The Labute approximate surface area is 133 Å². The van der Waals surface area contributed by atoms with Crippen molar-refractivity contribution in [2.75, 3.05) is 13.1 Å². The molecule has 0 radical (unpaired) electrons. The topological polar surface area (TPSA) is 119 Å². The van der Waals surface area contributed by atoms with Crippen molar-refractivity contribution in [1.29, 1.82) is 0 Å². The van der Waals surface area contributed by atoms with Crippen molar-refractivity contribution in [1.82, 2.24) is 5.48 Å². The smallest absolute Gasteiger partial charge is 0.345 e. The molecule has 0 spiro atoms. The molecule has 0 aliphatic rings. The third kappa shape index (κ3) is 10.9. The zero-order valence-electron chi connectivity index (χ0n) is 13.4. The summed E-state index contributed by atoms with van der Waals surface area (Å²) in [6.45, 7) is 2.64. The lowest BCUT2D eigenvalue weighted by Gasteiger charge is -2.13. The average molecular weight is 338 g/mol. The molecule has 0 saturated carbocycles. The van der Waals surface area contributed by atoms with Gasteiger partial charge in [-0.05, 0) is 6.42 Å². The van der Waals surface area contributed by atoms with Crippen LogP contribution < -0.4 is 11.2 Å². The number of hydroxylamine groups is 1. The zero-order chi connectivity index (χ0) is 16.8. The Hall–Kier alpha value is -0.700.